The Morgan fingerprint density at radius 1 is 1.21 bits per heavy atom. The van der Waals surface area contributed by atoms with E-state index in [4.69, 9.17) is 0 Å². The van der Waals surface area contributed by atoms with Crippen LogP contribution in [0, 0.1) is 11.8 Å². The van der Waals surface area contributed by atoms with Gasteiger partial charge in [-0.25, -0.2) is 0 Å². The number of benzene rings is 1. The molecule has 0 spiro atoms. The second-order valence-electron chi connectivity index (χ2n) is 2.77. The van der Waals surface area contributed by atoms with E-state index in [9.17, 15) is 4.79 Å². The number of hydrogen-bond donors (Lipinski definition) is 0. The molecular weight excluding hydrogens is 172 g/mol. The minimum atomic E-state index is 0.782. The van der Waals surface area contributed by atoms with Gasteiger partial charge < -0.3 is 0 Å². The lowest BCUT2D eigenvalue weighted by Crippen LogP contribution is -1.71. The molecule has 0 N–H and O–H groups in total. The van der Waals surface area contributed by atoms with Gasteiger partial charge in [0, 0.05) is 12.0 Å². The molecule has 1 aromatic carbocycles. The molecule has 1 heteroatoms. The van der Waals surface area contributed by atoms with Crippen LogP contribution in [0.1, 0.15) is 18.4 Å². The summed E-state index contributed by atoms with van der Waals surface area (Å²) in [7, 11) is 0. The Labute approximate surface area is 84.5 Å². The second-order valence-corrected chi connectivity index (χ2v) is 2.77. The van der Waals surface area contributed by atoms with Crippen molar-refractivity contribution >= 4 is 6.29 Å². The number of carbonyl (C=O) groups is 1. The maximum Gasteiger partial charge on any atom is 0.142 e. The Balaban J connectivity index is 2.34. The molecule has 70 valence electrons. The predicted octanol–water partition coefficient (Wildman–Crippen LogP) is 2.57. The number of carbonyl (C=O) groups excluding carboxylic acids is 1. The minimum absolute atomic E-state index is 0.782. The number of allylic oxidation sites excluding steroid dienone is 2. The summed E-state index contributed by atoms with van der Waals surface area (Å²) in [5, 5.41) is 0. The third-order valence-electron chi connectivity index (χ3n) is 1.66. The molecule has 1 rings (SSSR count). The first-order valence-electron chi connectivity index (χ1n) is 4.57. The van der Waals surface area contributed by atoms with Crippen molar-refractivity contribution in [2.75, 3.05) is 0 Å². The summed E-state index contributed by atoms with van der Waals surface area (Å²) in [5.41, 5.74) is 1.03. The molecule has 0 bridgehead atoms. The van der Waals surface area contributed by atoms with E-state index >= 15 is 0 Å². The highest BCUT2D eigenvalue weighted by Crippen LogP contribution is 1.95. The molecule has 0 aromatic heterocycles. The van der Waals surface area contributed by atoms with Gasteiger partial charge >= 0.3 is 0 Å². The Bertz CT molecular complexity index is 352. The smallest absolute Gasteiger partial charge is 0.142 e. The van der Waals surface area contributed by atoms with Crippen molar-refractivity contribution in [1.29, 1.82) is 0 Å². The van der Waals surface area contributed by atoms with E-state index in [1.165, 1.54) is 6.08 Å². The van der Waals surface area contributed by atoms with Crippen LogP contribution >= 0.6 is 0 Å². The lowest BCUT2D eigenvalue weighted by Gasteiger charge is -1.86. The zero-order valence-electron chi connectivity index (χ0n) is 7.94. The number of hydrogen-bond acceptors (Lipinski definition) is 1. The first-order chi connectivity index (χ1) is 6.93. The predicted molar refractivity (Wildman–Crippen MR) is 57.8 cm³/mol. The fraction of sp³-hybridized carbons (Fsp3) is 0.154. The van der Waals surface area contributed by atoms with Crippen molar-refractivity contribution < 1.29 is 4.79 Å². The fourth-order valence-electron chi connectivity index (χ4n) is 0.993. The van der Waals surface area contributed by atoms with Crippen LogP contribution in [0.4, 0.5) is 0 Å². The first-order valence-corrected chi connectivity index (χ1v) is 4.57. The van der Waals surface area contributed by atoms with Gasteiger partial charge in [-0.05, 0) is 24.6 Å². The number of aldehydes is 1. The summed E-state index contributed by atoms with van der Waals surface area (Å²) >= 11 is 0. The Kier molecular flexibility index (Phi) is 4.90. The van der Waals surface area contributed by atoms with Crippen LogP contribution in [0.2, 0.25) is 0 Å². The SMILES string of the molecule is O=C/C=C/CCC#Cc1ccccc1. The molecule has 0 fully saturated rings. The molecule has 0 saturated carbocycles. The van der Waals surface area contributed by atoms with Gasteiger partial charge in [-0.15, -0.1) is 0 Å². The Morgan fingerprint density at radius 3 is 2.71 bits per heavy atom. The molecule has 1 nitrogen and oxygen atoms in total. The van der Waals surface area contributed by atoms with Crippen molar-refractivity contribution in [1.82, 2.24) is 0 Å². The van der Waals surface area contributed by atoms with Gasteiger partial charge in [0.25, 0.3) is 0 Å². The monoisotopic (exact) mass is 184 g/mol. The summed E-state index contributed by atoms with van der Waals surface area (Å²) in [6.07, 6.45) is 5.74. The van der Waals surface area contributed by atoms with Gasteiger partial charge in [-0.1, -0.05) is 36.1 Å². The quantitative estimate of drug-likeness (QED) is 0.305. The highest BCUT2D eigenvalue weighted by Gasteiger charge is 1.80. The molecular formula is C13H12O. The molecule has 0 radical (unpaired) electrons. The topological polar surface area (TPSA) is 17.1 Å². The molecule has 14 heavy (non-hydrogen) atoms. The standard InChI is InChI=1S/C13H12O/c14-12-8-3-1-2-5-9-13-10-6-4-7-11-13/h3-4,6-8,10-12H,1-2H2/b8-3+. The van der Waals surface area contributed by atoms with Crippen LogP contribution in [-0.2, 0) is 4.79 Å². The van der Waals surface area contributed by atoms with Crippen molar-refractivity contribution in [3.8, 4) is 11.8 Å². The summed E-state index contributed by atoms with van der Waals surface area (Å²) in [4.78, 5) is 9.94. The van der Waals surface area contributed by atoms with Crippen LogP contribution in [-0.4, -0.2) is 6.29 Å². The minimum Gasteiger partial charge on any atom is -0.299 e. The Morgan fingerprint density at radius 2 is 2.00 bits per heavy atom. The maximum atomic E-state index is 9.94. The third kappa shape index (κ3) is 4.27. The van der Waals surface area contributed by atoms with E-state index in [1.807, 2.05) is 36.4 Å². The zero-order valence-corrected chi connectivity index (χ0v) is 7.94. The molecule has 0 atom stereocenters. The van der Waals surface area contributed by atoms with Gasteiger partial charge in [-0.2, -0.15) is 0 Å². The average molecular weight is 184 g/mol. The van der Waals surface area contributed by atoms with Crippen LogP contribution in [0.5, 0.6) is 0 Å². The van der Waals surface area contributed by atoms with E-state index in [1.54, 1.807) is 0 Å². The second kappa shape index (κ2) is 6.68. The fourth-order valence-corrected chi connectivity index (χ4v) is 0.993. The lowest BCUT2D eigenvalue weighted by atomic mass is 10.2. The third-order valence-corrected chi connectivity index (χ3v) is 1.66. The summed E-state index contributed by atoms with van der Waals surface area (Å²) in [6, 6.07) is 9.87. The van der Waals surface area contributed by atoms with Gasteiger partial charge in [-0.3, -0.25) is 4.79 Å². The molecule has 0 aliphatic heterocycles. The van der Waals surface area contributed by atoms with E-state index < -0.39 is 0 Å². The van der Waals surface area contributed by atoms with Gasteiger partial charge in [0.05, 0.1) is 0 Å². The van der Waals surface area contributed by atoms with Crippen LogP contribution < -0.4 is 0 Å². The van der Waals surface area contributed by atoms with Gasteiger partial charge in [0.2, 0.25) is 0 Å². The summed E-state index contributed by atoms with van der Waals surface area (Å²) < 4.78 is 0. The molecule has 0 saturated heterocycles. The molecule has 0 amide bonds. The number of rotatable bonds is 3. The summed E-state index contributed by atoms with van der Waals surface area (Å²) in [5.74, 6) is 6.09. The Hall–Kier alpha value is -1.81. The van der Waals surface area contributed by atoms with E-state index in [0.717, 1.165) is 24.7 Å². The molecule has 1 aromatic rings. The first kappa shape index (κ1) is 10.3. The largest absolute Gasteiger partial charge is 0.299 e. The van der Waals surface area contributed by atoms with Gasteiger partial charge in [0.1, 0.15) is 6.29 Å². The normalized spacial score (nSPS) is 9.43. The van der Waals surface area contributed by atoms with Crippen molar-refractivity contribution in [3.05, 3.63) is 48.0 Å². The molecule has 0 unspecified atom stereocenters. The van der Waals surface area contributed by atoms with Crippen molar-refractivity contribution in [3.63, 3.8) is 0 Å². The zero-order chi connectivity index (χ0) is 10.1. The van der Waals surface area contributed by atoms with Crippen LogP contribution in [0.15, 0.2) is 42.5 Å². The van der Waals surface area contributed by atoms with Crippen molar-refractivity contribution in [2.45, 2.75) is 12.8 Å². The highest BCUT2D eigenvalue weighted by molar-refractivity contribution is 5.64. The van der Waals surface area contributed by atoms with E-state index in [-0.39, 0.29) is 0 Å². The van der Waals surface area contributed by atoms with Crippen molar-refractivity contribution in [2.24, 2.45) is 0 Å². The van der Waals surface area contributed by atoms with Gasteiger partial charge in [0.15, 0.2) is 0 Å². The molecule has 0 aliphatic carbocycles. The highest BCUT2D eigenvalue weighted by atomic mass is 16.1. The van der Waals surface area contributed by atoms with E-state index in [2.05, 4.69) is 11.8 Å². The lowest BCUT2D eigenvalue weighted by molar-refractivity contribution is -0.104. The van der Waals surface area contributed by atoms with E-state index in [0.29, 0.717) is 0 Å². The molecule has 0 aliphatic rings. The van der Waals surface area contributed by atoms with Crippen LogP contribution in [0.25, 0.3) is 0 Å². The maximum absolute atomic E-state index is 9.94. The average Bonchev–Trinajstić information content (AvgIpc) is 2.25. The molecule has 0 heterocycles. The number of unbranched alkanes of at least 4 members (excludes halogenated alkanes) is 1. The summed E-state index contributed by atoms with van der Waals surface area (Å²) in [6.45, 7) is 0. The van der Waals surface area contributed by atoms with Crippen LogP contribution in [0.3, 0.4) is 0 Å².